The summed E-state index contributed by atoms with van der Waals surface area (Å²) in [6, 6.07) is 17.7. The lowest BCUT2D eigenvalue weighted by Gasteiger charge is -2.37. The minimum Gasteiger partial charge on any atom is -0.368 e. The molecule has 0 amide bonds. The summed E-state index contributed by atoms with van der Waals surface area (Å²) in [5.74, 6) is -0.0688. The number of hydrogen-bond acceptors (Lipinski definition) is 3. The zero-order chi connectivity index (χ0) is 16.2. The van der Waals surface area contributed by atoms with Crippen LogP contribution in [0.15, 0.2) is 59.1 Å². The second kappa shape index (κ2) is 7.23. The molecule has 0 bridgehead atoms. The lowest BCUT2D eigenvalue weighted by Crippen LogP contribution is -2.50. The Balaban J connectivity index is 1.62. The van der Waals surface area contributed by atoms with Crippen molar-refractivity contribution in [2.24, 2.45) is 0 Å². The van der Waals surface area contributed by atoms with Gasteiger partial charge in [0, 0.05) is 41.9 Å². The molecule has 0 aliphatic carbocycles. The number of nitrogens with zero attached hydrogens (tertiary/aromatic N) is 2. The van der Waals surface area contributed by atoms with Crippen LogP contribution in [0.25, 0.3) is 0 Å². The molecule has 1 saturated heterocycles. The van der Waals surface area contributed by atoms with E-state index in [2.05, 4.69) is 33.0 Å². The van der Waals surface area contributed by atoms with E-state index in [1.165, 1.54) is 5.69 Å². The molecule has 3 nitrogen and oxygen atoms in total. The average molecular weight is 389 g/mol. The highest BCUT2D eigenvalue weighted by molar-refractivity contribution is 9.10. The normalized spacial score (nSPS) is 14.7. The number of anilines is 1. The molecular formula is C18H17BrN2OS. The first kappa shape index (κ1) is 16.1. The fraction of sp³-hybridized carbons (Fsp3) is 0.222. The number of ketones is 1. The van der Waals surface area contributed by atoms with Crippen molar-refractivity contribution in [3.8, 4) is 0 Å². The van der Waals surface area contributed by atoms with E-state index in [-0.39, 0.29) is 5.78 Å². The van der Waals surface area contributed by atoms with E-state index in [9.17, 15) is 4.79 Å². The Bertz CT molecular complexity index is 695. The number of carbonyl (C=O) groups excluding carboxylic acids is 1. The Morgan fingerprint density at radius 1 is 0.913 bits per heavy atom. The second-order valence-electron chi connectivity index (χ2n) is 5.45. The van der Waals surface area contributed by atoms with Gasteiger partial charge in [0.2, 0.25) is 5.78 Å². The lowest BCUT2D eigenvalue weighted by atomic mass is 10.1. The summed E-state index contributed by atoms with van der Waals surface area (Å²) in [6.07, 6.45) is 0. The van der Waals surface area contributed by atoms with Gasteiger partial charge in [-0.3, -0.25) is 4.79 Å². The van der Waals surface area contributed by atoms with Crippen molar-refractivity contribution in [3.63, 3.8) is 0 Å². The van der Waals surface area contributed by atoms with Crippen molar-refractivity contribution in [1.29, 1.82) is 0 Å². The first-order valence-electron chi connectivity index (χ1n) is 7.54. The molecular weight excluding hydrogens is 372 g/mol. The number of hydrogen-bond donors (Lipinski definition) is 0. The van der Waals surface area contributed by atoms with E-state index in [0.29, 0.717) is 10.6 Å². The first-order chi connectivity index (χ1) is 11.1. The number of carbonyl (C=O) groups is 1. The minimum absolute atomic E-state index is 0.0688. The molecule has 1 fully saturated rings. The van der Waals surface area contributed by atoms with E-state index in [1.54, 1.807) is 12.1 Å². The molecule has 0 aromatic heterocycles. The molecule has 0 spiro atoms. The third-order valence-electron chi connectivity index (χ3n) is 3.99. The summed E-state index contributed by atoms with van der Waals surface area (Å²) in [7, 11) is 0. The van der Waals surface area contributed by atoms with E-state index in [0.717, 1.165) is 30.7 Å². The van der Waals surface area contributed by atoms with Crippen molar-refractivity contribution in [1.82, 2.24) is 4.90 Å². The predicted molar refractivity (Wildman–Crippen MR) is 101 cm³/mol. The Labute approximate surface area is 150 Å². The molecule has 0 radical (unpaired) electrons. The van der Waals surface area contributed by atoms with Crippen molar-refractivity contribution in [2.45, 2.75) is 0 Å². The number of Topliss-reactive ketones (excluding diaryl/α,β-unsaturated/α-hetero) is 1. The van der Waals surface area contributed by atoms with Crippen LogP contribution in [0, 0.1) is 0 Å². The summed E-state index contributed by atoms with van der Waals surface area (Å²) >= 11 is 8.79. The number of rotatable bonds is 3. The Hall–Kier alpha value is -1.72. The van der Waals surface area contributed by atoms with E-state index in [1.807, 2.05) is 35.2 Å². The third-order valence-corrected chi connectivity index (χ3v) is 4.96. The number of thiocarbonyl (C=S) groups is 1. The molecule has 118 valence electrons. The van der Waals surface area contributed by atoms with Crippen LogP contribution >= 0.6 is 28.1 Å². The smallest absolute Gasteiger partial charge is 0.220 e. The standard InChI is InChI=1S/C18H17BrN2OS/c19-15-8-6-14(7-9-15)17(22)18(23)21-12-10-20(11-13-21)16-4-2-1-3-5-16/h1-9H,10-13H2. The van der Waals surface area contributed by atoms with Gasteiger partial charge in [-0.1, -0.05) is 46.3 Å². The molecule has 0 N–H and O–H groups in total. The fourth-order valence-corrected chi connectivity index (χ4v) is 3.24. The van der Waals surface area contributed by atoms with Gasteiger partial charge in [0.05, 0.1) is 0 Å². The van der Waals surface area contributed by atoms with E-state index in [4.69, 9.17) is 12.2 Å². The van der Waals surface area contributed by atoms with Gasteiger partial charge in [0.1, 0.15) is 0 Å². The maximum Gasteiger partial charge on any atom is 0.220 e. The summed E-state index contributed by atoms with van der Waals surface area (Å²) in [4.78, 5) is 17.2. The van der Waals surface area contributed by atoms with Gasteiger partial charge >= 0.3 is 0 Å². The van der Waals surface area contributed by atoms with Gasteiger partial charge in [-0.05, 0) is 36.4 Å². The van der Waals surface area contributed by atoms with Gasteiger partial charge in [0.15, 0.2) is 4.99 Å². The molecule has 23 heavy (non-hydrogen) atoms. The van der Waals surface area contributed by atoms with Crippen LogP contribution in [0.2, 0.25) is 0 Å². The van der Waals surface area contributed by atoms with Gasteiger partial charge in [-0.15, -0.1) is 0 Å². The van der Waals surface area contributed by atoms with Crippen LogP contribution in [0.5, 0.6) is 0 Å². The third kappa shape index (κ3) is 3.79. The lowest BCUT2D eigenvalue weighted by molar-refractivity contribution is 0.105. The highest BCUT2D eigenvalue weighted by atomic mass is 79.9. The Kier molecular flexibility index (Phi) is 5.08. The number of para-hydroxylation sites is 1. The maximum absolute atomic E-state index is 12.5. The number of benzene rings is 2. The highest BCUT2D eigenvalue weighted by Gasteiger charge is 2.23. The number of halogens is 1. The summed E-state index contributed by atoms with van der Waals surface area (Å²) in [5, 5.41) is 0. The quantitative estimate of drug-likeness (QED) is 0.589. The Morgan fingerprint density at radius 2 is 1.52 bits per heavy atom. The van der Waals surface area contributed by atoms with Crippen LogP contribution in [-0.2, 0) is 0 Å². The molecule has 2 aromatic carbocycles. The van der Waals surface area contributed by atoms with Crippen molar-refractivity contribution in [2.75, 3.05) is 31.1 Å². The number of piperazine rings is 1. The van der Waals surface area contributed by atoms with Crippen molar-refractivity contribution < 1.29 is 4.79 Å². The molecule has 0 unspecified atom stereocenters. The molecule has 0 saturated carbocycles. The molecule has 3 rings (SSSR count). The summed E-state index contributed by atoms with van der Waals surface area (Å²) in [6.45, 7) is 3.29. The van der Waals surface area contributed by atoms with Crippen LogP contribution in [0.3, 0.4) is 0 Å². The monoisotopic (exact) mass is 388 g/mol. The summed E-state index contributed by atoms with van der Waals surface area (Å²) in [5.41, 5.74) is 1.86. The van der Waals surface area contributed by atoms with Crippen LogP contribution in [0.1, 0.15) is 10.4 Å². The maximum atomic E-state index is 12.5. The second-order valence-corrected chi connectivity index (χ2v) is 6.75. The Morgan fingerprint density at radius 3 is 2.13 bits per heavy atom. The van der Waals surface area contributed by atoms with Crippen molar-refractivity contribution in [3.05, 3.63) is 64.6 Å². The van der Waals surface area contributed by atoms with Gasteiger partial charge < -0.3 is 9.80 Å². The SMILES string of the molecule is O=C(C(=S)N1CCN(c2ccccc2)CC1)c1ccc(Br)cc1. The predicted octanol–water partition coefficient (Wildman–Crippen LogP) is 3.78. The van der Waals surface area contributed by atoms with Gasteiger partial charge in [-0.25, -0.2) is 0 Å². The molecule has 1 aliphatic heterocycles. The average Bonchev–Trinajstić information content (AvgIpc) is 2.62. The topological polar surface area (TPSA) is 23.6 Å². The van der Waals surface area contributed by atoms with Gasteiger partial charge in [-0.2, -0.15) is 0 Å². The van der Waals surface area contributed by atoms with E-state index >= 15 is 0 Å². The van der Waals surface area contributed by atoms with Crippen LogP contribution < -0.4 is 4.90 Å². The molecule has 0 atom stereocenters. The van der Waals surface area contributed by atoms with Crippen LogP contribution in [0.4, 0.5) is 5.69 Å². The van der Waals surface area contributed by atoms with Crippen LogP contribution in [-0.4, -0.2) is 41.9 Å². The summed E-state index contributed by atoms with van der Waals surface area (Å²) < 4.78 is 0.955. The first-order valence-corrected chi connectivity index (χ1v) is 8.74. The largest absolute Gasteiger partial charge is 0.368 e. The van der Waals surface area contributed by atoms with Crippen molar-refractivity contribution >= 4 is 44.6 Å². The minimum atomic E-state index is -0.0688. The molecule has 5 heteroatoms. The molecule has 1 aliphatic rings. The zero-order valence-corrected chi connectivity index (χ0v) is 15.0. The highest BCUT2D eigenvalue weighted by Crippen LogP contribution is 2.17. The fourth-order valence-electron chi connectivity index (χ4n) is 2.67. The molecule has 2 aromatic rings. The van der Waals surface area contributed by atoms with E-state index < -0.39 is 0 Å². The molecule has 1 heterocycles. The van der Waals surface area contributed by atoms with Gasteiger partial charge in [0.25, 0.3) is 0 Å². The zero-order valence-electron chi connectivity index (χ0n) is 12.6.